The molecule has 0 N–H and O–H groups in total. The Balaban J connectivity index is 2.53. The van der Waals surface area contributed by atoms with Gasteiger partial charge >= 0.3 is 0 Å². The molecule has 0 aliphatic rings. The van der Waals surface area contributed by atoms with Gasteiger partial charge in [-0.2, -0.15) is 0 Å². The van der Waals surface area contributed by atoms with E-state index in [0.29, 0.717) is 17.0 Å². The molecular weight excluding hydrogens is 238 g/mol. The normalized spacial score (nSPS) is 10.3. The second-order valence-electron chi connectivity index (χ2n) is 4.64. The largest absolute Gasteiger partial charge is 0.496 e. The highest BCUT2D eigenvalue weighted by molar-refractivity contribution is 6.09. The number of aryl methyl sites for hydroxylation is 2. The monoisotopic (exact) mass is 255 g/mol. The van der Waals surface area contributed by atoms with Crippen molar-refractivity contribution < 1.29 is 9.53 Å². The number of carbonyl (C=O) groups excluding carboxylic acids is 1. The van der Waals surface area contributed by atoms with Gasteiger partial charge in [0.2, 0.25) is 5.78 Å². The van der Waals surface area contributed by atoms with Crippen LogP contribution in [0.15, 0.2) is 30.5 Å². The highest BCUT2D eigenvalue weighted by atomic mass is 16.5. The Hall–Kier alpha value is -2.16. The molecule has 0 radical (unpaired) electrons. The van der Waals surface area contributed by atoms with E-state index in [1.807, 2.05) is 32.9 Å². The lowest BCUT2D eigenvalue weighted by atomic mass is 9.99. The summed E-state index contributed by atoms with van der Waals surface area (Å²) in [6, 6.07) is 7.39. The van der Waals surface area contributed by atoms with Gasteiger partial charge in [0.1, 0.15) is 11.4 Å². The molecule has 2 rings (SSSR count). The Bertz CT molecular complexity index is 633. The molecule has 1 aromatic heterocycles. The molecule has 0 atom stereocenters. The molecule has 1 heterocycles. The van der Waals surface area contributed by atoms with Crippen molar-refractivity contribution in [1.82, 2.24) is 4.98 Å². The molecule has 1 aromatic carbocycles. The predicted octanol–water partition coefficient (Wildman–Crippen LogP) is 3.25. The van der Waals surface area contributed by atoms with Gasteiger partial charge in [-0.05, 0) is 55.7 Å². The van der Waals surface area contributed by atoms with Crippen molar-refractivity contribution in [2.75, 3.05) is 7.11 Å². The summed E-state index contributed by atoms with van der Waals surface area (Å²) in [5.41, 5.74) is 4.11. The van der Waals surface area contributed by atoms with Crippen molar-refractivity contribution in [2.24, 2.45) is 0 Å². The number of benzene rings is 1. The predicted molar refractivity (Wildman–Crippen MR) is 74.9 cm³/mol. The lowest BCUT2D eigenvalue weighted by Gasteiger charge is -2.12. The van der Waals surface area contributed by atoms with E-state index in [4.69, 9.17) is 4.74 Å². The number of rotatable bonds is 3. The fourth-order valence-electron chi connectivity index (χ4n) is 2.03. The summed E-state index contributed by atoms with van der Waals surface area (Å²) in [5, 5.41) is 0. The molecule has 3 nitrogen and oxygen atoms in total. The zero-order chi connectivity index (χ0) is 14.0. The summed E-state index contributed by atoms with van der Waals surface area (Å²) in [6.07, 6.45) is 1.65. The van der Waals surface area contributed by atoms with E-state index in [0.717, 1.165) is 16.7 Å². The molecule has 0 unspecified atom stereocenters. The van der Waals surface area contributed by atoms with Gasteiger partial charge < -0.3 is 4.74 Å². The third-order valence-corrected chi connectivity index (χ3v) is 3.27. The van der Waals surface area contributed by atoms with Crippen LogP contribution in [0.5, 0.6) is 5.75 Å². The molecule has 0 spiro atoms. The first-order chi connectivity index (χ1) is 9.04. The lowest BCUT2D eigenvalue weighted by Crippen LogP contribution is -2.08. The van der Waals surface area contributed by atoms with E-state index >= 15 is 0 Å². The molecule has 0 fully saturated rings. The molecule has 3 heteroatoms. The van der Waals surface area contributed by atoms with Gasteiger partial charge in [-0.25, -0.2) is 0 Å². The van der Waals surface area contributed by atoms with Crippen molar-refractivity contribution in [3.05, 3.63) is 58.4 Å². The van der Waals surface area contributed by atoms with E-state index in [1.54, 1.807) is 25.4 Å². The number of hydrogen-bond acceptors (Lipinski definition) is 3. The van der Waals surface area contributed by atoms with Gasteiger partial charge in [0, 0.05) is 6.20 Å². The maximum atomic E-state index is 12.5. The van der Waals surface area contributed by atoms with Crippen LogP contribution in [0.25, 0.3) is 0 Å². The molecule has 98 valence electrons. The summed E-state index contributed by atoms with van der Waals surface area (Å²) in [7, 11) is 1.59. The highest BCUT2D eigenvalue weighted by Gasteiger charge is 2.18. The smallest absolute Gasteiger partial charge is 0.215 e. The Morgan fingerprint density at radius 2 is 1.89 bits per heavy atom. The Morgan fingerprint density at radius 3 is 2.53 bits per heavy atom. The summed E-state index contributed by atoms with van der Waals surface area (Å²) in [4.78, 5) is 16.6. The summed E-state index contributed by atoms with van der Waals surface area (Å²) in [6.45, 7) is 5.89. The SMILES string of the molecule is COc1c(C(=O)c2cc(C)ccn2)ccc(C)c1C. The van der Waals surface area contributed by atoms with Gasteiger partial charge in [0.25, 0.3) is 0 Å². The third kappa shape index (κ3) is 2.50. The number of carbonyl (C=O) groups is 1. The molecular formula is C16H17NO2. The molecule has 0 saturated heterocycles. The van der Waals surface area contributed by atoms with Crippen LogP contribution < -0.4 is 4.74 Å². The number of ether oxygens (including phenoxy) is 1. The molecule has 0 amide bonds. The minimum atomic E-state index is -0.108. The van der Waals surface area contributed by atoms with Crippen molar-refractivity contribution in [3.63, 3.8) is 0 Å². The molecule has 0 bridgehead atoms. The standard InChI is InChI=1S/C16H17NO2/c1-10-7-8-17-14(9-10)15(18)13-6-5-11(2)12(3)16(13)19-4/h5-9H,1-4H3. The fourth-order valence-corrected chi connectivity index (χ4v) is 2.03. The van der Waals surface area contributed by atoms with E-state index in [9.17, 15) is 4.79 Å². The zero-order valence-electron chi connectivity index (χ0n) is 11.7. The topological polar surface area (TPSA) is 39.2 Å². The number of pyridine rings is 1. The summed E-state index contributed by atoms with van der Waals surface area (Å²) < 4.78 is 5.38. The van der Waals surface area contributed by atoms with Gasteiger partial charge in [-0.15, -0.1) is 0 Å². The molecule has 0 saturated carbocycles. The number of hydrogen-bond donors (Lipinski definition) is 0. The van der Waals surface area contributed by atoms with Crippen LogP contribution in [0.1, 0.15) is 32.7 Å². The van der Waals surface area contributed by atoms with Gasteiger partial charge in [0.05, 0.1) is 12.7 Å². The second kappa shape index (κ2) is 5.22. The molecule has 0 aliphatic heterocycles. The first-order valence-corrected chi connectivity index (χ1v) is 6.16. The van der Waals surface area contributed by atoms with Crippen LogP contribution in [0.3, 0.4) is 0 Å². The van der Waals surface area contributed by atoms with Gasteiger partial charge in [-0.1, -0.05) is 6.07 Å². The summed E-state index contributed by atoms with van der Waals surface area (Å²) >= 11 is 0. The maximum Gasteiger partial charge on any atom is 0.215 e. The van der Waals surface area contributed by atoms with Crippen molar-refractivity contribution in [1.29, 1.82) is 0 Å². The van der Waals surface area contributed by atoms with Crippen molar-refractivity contribution in [2.45, 2.75) is 20.8 Å². The fraction of sp³-hybridized carbons (Fsp3) is 0.250. The second-order valence-corrected chi connectivity index (χ2v) is 4.64. The van der Waals surface area contributed by atoms with E-state index in [2.05, 4.69) is 4.98 Å². The van der Waals surface area contributed by atoms with Crippen LogP contribution in [0.2, 0.25) is 0 Å². The molecule has 19 heavy (non-hydrogen) atoms. The highest BCUT2D eigenvalue weighted by Crippen LogP contribution is 2.27. The average Bonchev–Trinajstić information content (AvgIpc) is 2.41. The minimum absolute atomic E-state index is 0.108. The Labute approximate surface area is 113 Å². The first-order valence-electron chi connectivity index (χ1n) is 6.16. The number of aromatic nitrogens is 1. The number of methoxy groups -OCH3 is 1. The Kier molecular flexibility index (Phi) is 3.65. The molecule has 2 aromatic rings. The maximum absolute atomic E-state index is 12.5. The van der Waals surface area contributed by atoms with E-state index in [-0.39, 0.29) is 5.78 Å². The third-order valence-electron chi connectivity index (χ3n) is 3.27. The Morgan fingerprint density at radius 1 is 1.16 bits per heavy atom. The van der Waals surface area contributed by atoms with Crippen LogP contribution in [0.4, 0.5) is 0 Å². The van der Waals surface area contributed by atoms with Crippen LogP contribution in [-0.2, 0) is 0 Å². The number of nitrogens with zero attached hydrogens (tertiary/aromatic N) is 1. The first kappa shape index (κ1) is 13.3. The van der Waals surface area contributed by atoms with Gasteiger partial charge in [-0.3, -0.25) is 9.78 Å². The lowest BCUT2D eigenvalue weighted by molar-refractivity contribution is 0.103. The quantitative estimate of drug-likeness (QED) is 0.790. The van der Waals surface area contributed by atoms with Crippen LogP contribution in [0, 0.1) is 20.8 Å². The average molecular weight is 255 g/mol. The van der Waals surface area contributed by atoms with Crippen LogP contribution >= 0.6 is 0 Å². The van der Waals surface area contributed by atoms with Crippen molar-refractivity contribution >= 4 is 5.78 Å². The number of ketones is 1. The van der Waals surface area contributed by atoms with E-state index in [1.165, 1.54) is 0 Å². The van der Waals surface area contributed by atoms with E-state index < -0.39 is 0 Å². The van der Waals surface area contributed by atoms with Crippen LogP contribution in [-0.4, -0.2) is 17.9 Å². The van der Waals surface area contributed by atoms with Crippen molar-refractivity contribution in [3.8, 4) is 5.75 Å². The zero-order valence-corrected chi connectivity index (χ0v) is 11.7. The summed E-state index contributed by atoms with van der Waals surface area (Å²) in [5.74, 6) is 0.525. The minimum Gasteiger partial charge on any atom is -0.496 e. The van der Waals surface area contributed by atoms with Gasteiger partial charge in [0.15, 0.2) is 0 Å². The molecule has 0 aliphatic carbocycles.